The van der Waals surface area contributed by atoms with Crippen molar-refractivity contribution in [3.8, 4) is 5.75 Å². The number of halogens is 3. The molecule has 0 radical (unpaired) electrons. The molecule has 0 heterocycles. The molecule has 1 unspecified atom stereocenters. The van der Waals surface area contributed by atoms with Gasteiger partial charge < -0.3 is 9.47 Å². The molecular weight excluding hydrogens is 449 g/mol. The molecule has 0 N–H and O–H groups in total. The van der Waals surface area contributed by atoms with Gasteiger partial charge in [-0.2, -0.15) is 4.39 Å². The number of ether oxygens (including phenoxy) is 2. The van der Waals surface area contributed by atoms with Crippen LogP contribution in [0.25, 0.3) is 5.57 Å². The van der Waals surface area contributed by atoms with Gasteiger partial charge in [0.05, 0.1) is 6.10 Å². The van der Waals surface area contributed by atoms with Gasteiger partial charge >= 0.3 is 0 Å². The molecule has 2 nitrogen and oxygen atoms in total. The molecule has 1 saturated carbocycles. The van der Waals surface area contributed by atoms with Crippen molar-refractivity contribution in [2.24, 2.45) is 5.92 Å². The van der Waals surface area contributed by atoms with Gasteiger partial charge in [0.15, 0.2) is 11.6 Å². The van der Waals surface area contributed by atoms with Crippen LogP contribution in [0.3, 0.4) is 0 Å². The van der Waals surface area contributed by atoms with Crippen LogP contribution >= 0.6 is 0 Å². The smallest absolute Gasteiger partial charge is 0.200 e. The van der Waals surface area contributed by atoms with E-state index < -0.39 is 11.6 Å². The van der Waals surface area contributed by atoms with Crippen molar-refractivity contribution in [1.29, 1.82) is 0 Å². The second kappa shape index (κ2) is 11.8. The van der Waals surface area contributed by atoms with Gasteiger partial charge in [-0.15, -0.1) is 0 Å². The third-order valence-corrected chi connectivity index (χ3v) is 6.94. The van der Waals surface area contributed by atoms with E-state index in [0.717, 1.165) is 36.8 Å². The summed E-state index contributed by atoms with van der Waals surface area (Å²) < 4.78 is 55.2. The minimum absolute atomic E-state index is 0.0416. The van der Waals surface area contributed by atoms with E-state index in [9.17, 15) is 13.2 Å². The molecular formula is C30H33F3O2. The number of hydrogen-bond acceptors (Lipinski definition) is 2. The Morgan fingerprint density at radius 2 is 1.69 bits per heavy atom. The first kappa shape index (κ1) is 25.3. The molecule has 0 aromatic heterocycles. The van der Waals surface area contributed by atoms with Crippen LogP contribution in [0.5, 0.6) is 5.75 Å². The first-order chi connectivity index (χ1) is 17.0. The van der Waals surface area contributed by atoms with Gasteiger partial charge in [-0.25, -0.2) is 8.78 Å². The summed E-state index contributed by atoms with van der Waals surface area (Å²) in [5, 5.41) is 0. The lowest BCUT2D eigenvalue weighted by Crippen LogP contribution is -2.14. The molecule has 5 heteroatoms. The maximum Gasteiger partial charge on any atom is 0.200 e. The van der Waals surface area contributed by atoms with Gasteiger partial charge in [0.1, 0.15) is 12.4 Å². The highest BCUT2D eigenvalue weighted by molar-refractivity contribution is 5.78. The maximum atomic E-state index is 14.9. The van der Waals surface area contributed by atoms with Gasteiger partial charge in [0.2, 0.25) is 5.82 Å². The van der Waals surface area contributed by atoms with E-state index in [0.29, 0.717) is 30.1 Å². The third-order valence-electron chi connectivity index (χ3n) is 6.94. The summed E-state index contributed by atoms with van der Waals surface area (Å²) in [4.78, 5) is 0. The van der Waals surface area contributed by atoms with E-state index >= 15 is 0 Å². The zero-order valence-electron chi connectivity index (χ0n) is 20.4. The molecule has 2 aliphatic rings. The summed E-state index contributed by atoms with van der Waals surface area (Å²) >= 11 is 0. The van der Waals surface area contributed by atoms with Crippen molar-refractivity contribution in [2.75, 3.05) is 6.61 Å². The molecule has 35 heavy (non-hydrogen) atoms. The van der Waals surface area contributed by atoms with Crippen molar-refractivity contribution in [2.45, 2.75) is 64.6 Å². The largest absolute Gasteiger partial charge is 0.486 e. The Kier molecular flexibility index (Phi) is 8.50. The fraction of sp³-hybridized carbons (Fsp3) is 0.400. The van der Waals surface area contributed by atoms with Gasteiger partial charge in [0, 0.05) is 12.2 Å². The van der Waals surface area contributed by atoms with Gasteiger partial charge in [0.25, 0.3) is 0 Å². The fourth-order valence-electron chi connectivity index (χ4n) is 5.05. The average molecular weight is 483 g/mol. The van der Waals surface area contributed by atoms with E-state index in [1.807, 2.05) is 44.2 Å². The molecule has 4 rings (SSSR count). The van der Waals surface area contributed by atoms with E-state index in [1.165, 1.54) is 12.1 Å². The maximum absolute atomic E-state index is 14.9. The van der Waals surface area contributed by atoms with Crippen LogP contribution in [0.15, 0.2) is 66.5 Å². The summed E-state index contributed by atoms with van der Waals surface area (Å²) in [6, 6.07) is 10.4. The van der Waals surface area contributed by atoms with Crippen LogP contribution in [0.4, 0.5) is 13.2 Å². The Morgan fingerprint density at radius 3 is 2.34 bits per heavy atom. The second-order valence-electron chi connectivity index (χ2n) is 9.27. The standard InChI is InChI=1S/C30H33F3O2/c1-3-5-20-6-10-23(11-7-20)26-16-17-28(30(33)29(26)32)35-19-21-8-12-22(13-9-21)25-15-14-24(34-4-2)18-27(25)31/h3,5,8-9,12-13,15-18,20,23-24H,4,6-7,10-11,14,19H2,1-2H3/b5-3+. The predicted octanol–water partition coefficient (Wildman–Crippen LogP) is 8.44. The number of rotatable bonds is 8. The number of hydrogen-bond donors (Lipinski definition) is 0. The second-order valence-corrected chi connectivity index (χ2v) is 9.27. The third kappa shape index (κ3) is 6.07. The molecule has 1 atom stereocenters. The molecule has 2 aliphatic carbocycles. The van der Waals surface area contributed by atoms with E-state index in [4.69, 9.17) is 9.47 Å². The zero-order chi connectivity index (χ0) is 24.8. The lowest BCUT2D eigenvalue weighted by molar-refractivity contribution is 0.0964. The molecule has 0 aliphatic heterocycles. The number of benzene rings is 2. The van der Waals surface area contributed by atoms with Gasteiger partial charge in [-0.3, -0.25) is 0 Å². The minimum Gasteiger partial charge on any atom is -0.486 e. The molecule has 0 saturated heterocycles. The summed E-state index contributed by atoms with van der Waals surface area (Å²) in [7, 11) is 0. The van der Waals surface area contributed by atoms with E-state index in [-0.39, 0.29) is 30.2 Å². The lowest BCUT2D eigenvalue weighted by atomic mass is 9.78. The minimum atomic E-state index is -0.932. The molecule has 0 spiro atoms. The fourth-order valence-corrected chi connectivity index (χ4v) is 5.05. The van der Waals surface area contributed by atoms with Crippen molar-refractivity contribution in [1.82, 2.24) is 0 Å². The highest BCUT2D eigenvalue weighted by Gasteiger charge is 2.26. The summed E-state index contributed by atoms with van der Waals surface area (Å²) in [5.41, 5.74) is 2.52. The SMILES string of the molecule is C/C=C/C1CCC(c2ccc(OCc3ccc(C4=CCC(OCC)C=C4F)cc3)c(F)c2F)CC1. The highest BCUT2D eigenvalue weighted by Crippen LogP contribution is 2.39. The van der Waals surface area contributed by atoms with E-state index in [1.54, 1.807) is 6.07 Å². The van der Waals surface area contributed by atoms with E-state index in [2.05, 4.69) is 12.2 Å². The van der Waals surface area contributed by atoms with Crippen molar-refractivity contribution < 1.29 is 22.6 Å². The first-order valence-corrected chi connectivity index (χ1v) is 12.5. The zero-order valence-corrected chi connectivity index (χ0v) is 20.4. The number of allylic oxidation sites excluding steroid dienone is 4. The Bertz CT molecular complexity index is 1090. The van der Waals surface area contributed by atoms with Crippen LogP contribution in [0.2, 0.25) is 0 Å². The molecule has 0 bridgehead atoms. The summed E-state index contributed by atoms with van der Waals surface area (Å²) in [6.45, 7) is 4.53. The van der Waals surface area contributed by atoms with Crippen LogP contribution in [0.1, 0.15) is 68.6 Å². The first-order valence-electron chi connectivity index (χ1n) is 12.5. The highest BCUT2D eigenvalue weighted by atomic mass is 19.2. The summed E-state index contributed by atoms with van der Waals surface area (Å²) in [5.74, 6) is -1.55. The van der Waals surface area contributed by atoms with Crippen molar-refractivity contribution in [3.05, 3.63) is 94.9 Å². The Balaban J connectivity index is 1.37. The molecule has 0 amide bonds. The molecule has 2 aromatic rings. The molecule has 2 aromatic carbocycles. The Hall–Kier alpha value is -2.79. The monoisotopic (exact) mass is 482 g/mol. The van der Waals surface area contributed by atoms with Gasteiger partial charge in [-0.1, -0.05) is 48.6 Å². The van der Waals surface area contributed by atoms with Crippen molar-refractivity contribution in [3.63, 3.8) is 0 Å². The normalized spacial score (nSPS) is 22.7. The van der Waals surface area contributed by atoms with Crippen LogP contribution in [-0.4, -0.2) is 12.7 Å². The molecule has 1 fully saturated rings. The predicted molar refractivity (Wildman–Crippen MR) is 134 cm³/mol. The lowest BCUT2D eigenvalue weighted by Gasteiger charge is -2.27. The Labute approximate surface area is 206 Å². The van der Waals surface area contributed by atoms with Crippen LogP contribution in [0, 0.1) is 17.6 Å². The summed E-state index contributed by atoms with van der Waals surface area (Å²) in [6.07, 6.45) is 11.7. The van der Waals surface area contributed by atoms with Gasteiger partial charge in [-0.05, 0) is 86.6 Å². The molecule has 186 valence electrons. The average Bonchev–Trinajstić information content (AvgIpc) is 2.87. The Morgan fingerprint density at radius 1 is 0.943 bits per heavy atom. The quantitative estimate of drug-likeness (QED) is 0.352. The van der Waals surface area contributed by atoms with Crippen molar-refractivity contribution >= 4 is 5.57 Å². The topological polar surface area (TPSA) is 18.5 Å². The van der Waals surface area contributed by atoms with Crippen LogP contribution in [-0.2, 0) is 11.3 Å². The van der Waals surface area contributed by atoms with Crippen LogP contribution < -0.4 is 4.74 Å².